The van der Waals surface area contributed by atoms with Gasteiger partial charge >= 0.3 is 0 Å². The van der Waals surface area contributed by atoms with Crippen molar-refractivity contribution >= 4 is 33.5 Å². The van der Waals surface area contributed by atoms with Crippen LogP contribution >= 0.6 is 15.9 Å². The molecule has 1 amide bonds. The number of carbonyl (C=O) groups excluding carboxylic acids is 1. The zero-order valence-electron chi connectivity index (χ0n) is 10.8. The van der Waals surface area contributed by atoms with Crippen molar-refractivity contribution in [1.82, 2.24) is 9.78 Å². The van der Waals surface area contributed by atoms with E-state index in [0.717, 1.165) is 0 Å². The minimum absolute atomic E-state index is 0.184. The van der Waals surface area contributed by atoms with Crippen molar-refractivity contribution in [3.05, 3.63) is 45.8 Å². The average molecular weight is 356 g/mol. The lowest BCUT2D eigenvalue weighted by molar-refractivity contribution is 0.102. The third-order valence-electron chi connectivity index (χ3n) is 2.73. The number of rotatable bonds is 3. The largest absolute Gasteiger partial charge is 0.409 e. The highest BCUT2D eigenvalue weighted by Gasteiger charge is 2.17. The maximum absolute atomic E-state index is 13.0. The molecule has 21 heavy (non-hydrogen) atoms. The lowest BCUT2D eigenvalue weighted by atomic mass is 10.2. The number of carbonyl (C=O) groups is 1. The lowest BCUT2D eigenvalue weighted by Crippen LogP contribution is -2.20. The van der Waals surface area contributed by atoms with Gasteiger partial charge in [-0.15, -0.1) is 0 Å². The fraction of sp³-hybridized carbons (Fsp3) is 0.0833. The highest BCUT2D eigenvalue weighted by atomic mass is 79.9. The van der Waals surface area contributed by atoms with Crippen LogP contribution in [-0.4, -0.2) is 26.7 Å². The molecule has 0 aliphatic carbocycles. The van der Waals surface area contributed by atoms with E-state index < -0.39 is 11.7 Å². The van der Waals surface area contributed by atoms with Crippen molar-refractivity contribution in [2.75, 3.05) is 5.32 Å². The van der Waals surface area contributed by atoms with Gasteiger partial charge in [0.15, 0.2) is 5.84 Å². The lowest BCUT2D eigenvalue weighted by Gasteiger charge is -2.09. The summed E-state index contributed by atoms with van der Waals surface area (Å²) in [5.41, 5.74) is 6.02. The van der Waals surface area contributed by atoms with E-state index in [0.29, 0.717) is 4.47 Å². The molecular weight excluding hydrogens is 345 g/mol. The van der Waals surface area contributed by atoms with Crippen LogP contribution in [0.15, 0.2) is 34.0 Å². The van der Waals surface area contributed by atoms with Gasteiger partial charge in [0.2, 0.25) is 0 Å². The molecule has 110 valence electrons. The number of nitrogens with two attached hydrogens (primary N) is 1. The highest BCUT2D eigenvalue weighted by Crippen LogP contribution is 2.21. The summed E-state index contributed by atoms with van der Waals surface area (Å²) in [6.07, 6.45) is 1.35. The molecule has 0 spiro atoms. The van der Waals surface area contributed by atoms with Crippen LogP contribution in [0.1, 0.15) is 15.9 Å². The van der Waals surface area contributed by atoms with E-state index in [9.17, 15) is 9.18 Å². The Bertz CT molecular complexity index is 728. The zero-order valence-corrected chi connectivity index (χ0v) is 12.4. The number of nitrogens with zero attached hydrogens (tertiary/aromatic N) is 3. The monoisotopic (exact) mass is 355 g/mol. The predicted molar refractivity (Wildman–Crippen MR) is 77.8 cm³/mol. The van der Waals surface area contributed by atoms with E-state index in [1.54, 1.807) is 7.05 Å². The van der Waals surface area contributed by atoms with Gasteiger partial charge < -0.3 is 16.3 Å². The van der Waals surface area contributed by atoms with Crippen LogP contribution in [0.25, 0.3) is 0 Å². The molecule has 0 unspecified atom stereocenters. The Morgan fingerprint density at radius 1 is 1.52 bits per heavy atom. The Morgan fingerprint density at radius 2 is 2.24 bits per heavy atom. The number of nitrogens with one attached hydrogen (secondary N) is 1. The molecule has 0 radical (unpaired) electrons. The molecule has 2 aromatic rings. The first-order chi connectivity index (χ1) is 9.93. The number of aryl methyl sites for hydroxylation is 1. The first-order valence-electron chi connectivity index (χ1n) is 5.70. The minimum Gasteiger partial charge on any atom is -0.409 e. The van der Waals surface area contributed by atoms with E-state index in [1.165, 1.54) is 29.1 Å². The molecule has 4 N–H and O–H groups in total. The first-order valence-corrected chi connectivity index (χ1v) is 6.49. The summed E-state index contributed by atoms with van der Waals surface area (Å²) >= 11 is 3.12. The van der Waals surface area contributed by atoms with Gasteiger partial charge in [0, 0.05) is 11.5 Å². The summed E-state index contributed by atoms with van der Waals surface area (Å²) in [7, 11) is 1.59. The topological polar surface area (TPSA) is 106 Å². The zero-order chi connectivity index (χ0) is 15.6. The Kier molecular flexibility index (Phi) is 4.22. The molecule has 2 rings (SSSR count). The van der Waals surface area contributed by atoms with E-state index in [4.69, 9.17) is 10.9 Å². The molecule has 0 aliphatic heterocycles. The van der Waals surface area contributed by atoms with Crippen molar-refractivity contribution in [1.29, 1.82) is 0 Å². The summed E-state index contributed by atoms with van der Waals surface area (Å²) in [5.74, 6) is -0.878. The standard InChI is InChI=1S/C12H11BrFN5O2/c1-19-11(8(5-16-19)10(15)18-21)17-12(20)7-3-2-6(14)4-9(7)13/h2-5,21H,1H3,(H2,15,18)(H,17,20). The Morgan fingerprint density at radius 3 is 2.86 bits per heavy atom. The molecule has 1 aromatic carbocycles. The van der Waals surface area contributed by atoms with Crippen LogP contribution in [0.2, 0.25) is 0 Å². The van der Waals surface area contributed by atoms with Gasteiger partial charge in [-0.05, 0) is 34.1 Å². The second-order valence-corrected chi connectivity index (χ2v) is 4.95. The van der Waals surface area contributed by atoms with Crippen LogP contribution < -0.4 is 11.1 Å². The average Bonchev–Trinajstić information content (AvgIpc) is 2.79. The number of benzene rings is 1. The maximum atomic E-state index is 13.0. The Hall–Kier alpha value is -2.42. The minimum atomic E-state index is -0.488. The highest BCUT2D eigenvalue weighted by molar-refractivity contribution is 9.10. The van der Waals surface area contributed by atoms with Gasteiger partial charge in [-0.2, -0.15) is 5.10 Å². The summed E-state index contributed by atoms with van der Waals surface area (Å²) in [6.45, 7) is 0. The molecule has 7 nitrogen and oxygen atoms in total. The smallest absolute Gasteiger partial charge is 0.257 e. The molecule has 0 saturated carbocycles. The molecule has 0 saturated heterocycles. The normalized spacial score (nSPS) is 11.5. The number of hydrogen-bond acceptors (Lipinski definition) is 4. The van der Waals surface area contributed by atoms with Gasteiger partial charge in [0.25, 0.3) is 5.91 Å². The molecule has 0 fully saturated rings. The molecule has 1 aromatic heterocycles. The van der Waals surface area contributed by atoms with Gasteiger partial charge in [0.1, 0.15) is 11.6 Å². The summed E-state index contributed by atoms with van der Waals surface area (Å²) < 4.78 is 14.7. The summed E-state index contributed by atoms with van der Waals surface area (Å²) in [6, 6.07) is 3.70. The van der Waals surface area contributed by atoms with Crippen LogP contribution in [0.4, 0.5) is 10.2 Å². The molecule has 0 bridgehead atoms. The summed E-state index contributed by atoms with van der Waals surface area (Å²) in [5, 5.41) is 18.1. The van der Waals surface area contributed by atoms with Crippen molar-refractivity contribution in [2.24, 2.45) is 17.9 Å². The first kappa shape index (κ1) is 15.0. The van der Waals surface area contributed by atoms with Crippen molar-refractivity contribution in [3.63, 3.8) is 0 Å². The van der Waals surface area contributed by atoms with Gasteiger partial charge in [0.05, 0.1) is 17.3 Å². The number of amides is 1. The third kappa shape index (κ3) is 3.02. The van der Waals surface area contributed by atoms with Crippen LogP contribution in [0.3, 0.4) is 0 Å². The summed E-state index contributed by atoms with van der Waals surface area (Å²) in [4.78, 5) is 12.2. The molecule has 9 heteroatoms. The van der Waals surface area contributed by atoms with Gasteiger partial charge in [-0.25, -0.2) is 4.39 Å². The second kappa shape index (κ2) is 5.92. The number of hydrogen-bond donors (Lipinski definition) is 3. The Balaban J connectivity index is 2.34. The number of amidine groups is 1. The molecule has 0 aliphatic rings. The van der Waals surface area contributed by atoms with E-state index in [1.807, 2.05) is 0 Å². The van der Waals surface area contributed by atoms with Crippen molar-refractivity contribution in [3.8, 4) is 0 Å². The van der Waals surface area contributed by atoms with Gasteiger partial charge in [-0.1, -0.05) is 5.16 Å². The van der Waals surface area contributed by atoms with E-state index >= 15 is 0 Å². The number of anilines is 1. The molecular formula is C12H11BrFN5O2. The quantitative estimate of drug-likeness (QED) is 0.337. The number of oxime groups is 1. The van der Waals surface area contributed by atoms with Gasteiger partial charge in [-0.3, -0.25) is 9.48 Å². The molecule has 0 atom stereocenters. The fourth-order valence-electron chi connectivity index (χ4n) is 1.68. The van der Waals surface area contributed by atoms with Crippen molar-refractivity contribution in [2.45, 2.75) is 0 Å². The number of aromatic nitrogens is 2. The van der Waals surface area contributed by atoms with Crippen LogP contribution in [0, 0.1) is 5.82 Å². The SMILES string of the molecule is Cn1ncc(C(N)=NO)c1NC(=O)c1ccc(F)cc1Br. The predicted octanol–water partition coefficient (Wildman–Crippen LogP) is 1.67. The maximum Gasteiger partial charge on any atom is 0.257 e. The van der Waals surface area contributed by atoms with Crippen molar-refractivity contribution < 1.29 is 14.4 Å². The van der Waals surface area contributed by atoms with E-state index in [2.05, 4.69) is 31.5 Å². The fourth-order valence-corrected chi connectivity index (χ4v) is 2.21. The second-order valence-electron chi connectivity index (χ2n) is 4.09. The van der Waals surface area contributed by atoms with E-state index in [-0.39, 0.29) is 22.8 Å². The molecule has 1 heterocycles. The number of halogens is 2. The third-order valence-corrected chi connectivity index (χ3v) is 3.39. The Labute approximate surface area is 127 Å². The van der Waals surface area contributed by atoms with Crippen LogP contribution in [-0.2, 0) is 7.05 Å². The van der Waals surface area contributed by atoms with Crippen LogP contribution in [0.5, 0.6) is 0 Å².